The van der Waals surface area contributed by atoms with Gasteiger partial charge in [0.25, 0.3) is 11.8 Å². The third-order valence-corrected chi connectivity index (χ3v) is 9.82. The van der Waals surface area contributed by atoms with Crippen molar-refractivity contribution in [3.8, 4) is 0 Å². The van der Waals surface area contributed by atoms with E-state index in [0.29, 0.717) is 33.7 Å². The molecule has 2 aromatic rings. The zero-order valence-corrected chi connectivity index (χ0v) is 24.2. The molecule has 41 heavy (non-hydrogen) atoms. The number of anilines is 4. The highest BCUT2D eigenvalue weighted by Gasteiger charge is 2.44. The number of sulfonamides is 1. The number of halogens is 2. The summed E-state index contributed by atoms with van der Waals surface area (Å²) in [5, 5.41) is 2.89. The Kier molecular flexibility index (Phi) is 7.88. The predicted molar refractivity (Wildman–Crippen MR) is 155 cm³/mol. The number of esters is 1. The van der Waals surface area contributed by atoms with Crippen LogP contribution in [0.1, 0.15) is 66.2 Å². The van der Waals surface area contributed by atoms with Crippen LogP contribution in [0.2, 0.25) is 0 Å². The Balaban J connectivity index is 1.43. The molecule has 1 saturated carbocycles. The van der Waals surface area contributed by atoms with Gasteiger partial charge in [-0.2, -0.15) is 0 Å². The molecule has 5 rings (SSSR count). The minimum atomic E-state index is -3.50. The van der Waals surface area contributed by atoms with E-state index in [1.54, 1.807) is 42.2 Å². The zero-order valence-electron chi connectivity index (χ0n) is 23.3. The second kappa shape index (κ2) is 11.1. The summed E-state index contributed by atoms with van der Waals surface area (Å²) in [4.78, 5) is 29.9. The number of rotatable bonds is 8. The molecule has 1 amide bonds. The van der Waals surface area contributed by atoms with Crippen molar-refractivity contribution >= 4 is 44.6 Å². The van der Waals surface area contributed by atoms with Gasteiger partial charge in [-0.3, -0.25) is 9.52 Å². The van der Waals surface area contributed by atoms with E-state index in [-0.39, 0.29) is 37.2 Å². The Bertz CT molecular complexity index is 1420. The van der Waals surface area contributed by atoms with Crippen LogP contribution in [0.25, 0.3) is 0 Å². The summed E-state index contributed by atoms with van der Waals surface area (Å²) in [6, 6.07) is 9.58. The van der Waals surface area contributed by atoms with Gasteiger partial charge in [-0.05, 0) is 74.4 Å². The van der Waals surface area contributed by atoms with Crippen molar-refractivity contribution in [1.29, 1.82) is 0 Å². The van der Waals surface area contributed by atoms with Crippen molar-refractivity contribution in [3.05, 3.63) is 47.5 Å². The van der Waals surface area contributed by atoms with Gasteiger partial charge in [0.1, 0.15) is 0 Å². The van der Waals surface area contributed by atoms with E-state index in [4.69, 9.17) is 4.74 Å². The van der Waals surface area contributed by atoms with E-state index in [2.05, 4.69) is 14.9 Å². The van der Waals surface area contributed by atoms with Crippen LogP contribution in [-0.2, 0) is 14.8 Å². The first-order valence-electron chi connectivity index (χ1n) is 14.0. The van der Waals surface area contributed by atoms with Gasteiger partial charge in [-0.15, -0.1) is 0 Å². The molecule has 12 heteroatoms. The van der Waals surface area contributed by atoms with Crippen LogP contribution in [0.15, 0.2) is 36.4 Å². The lowest BCUT2D eigenvalue weighted by Gasteiger charge is -2.35. The Morgan fingerprint density at radius 3 is 1.98 bits per heavy atom. The number of methoxy groups -OCH3 is 1. The van der Waals surface area contributed by atoms with Gasteiger partial charge in [-0.1, -0.05) is 0 Å². The lowest BCUT2D eigenvalue weighted by atomic mass is 9.93. The smallest absolute Gasteiger partial charge is 0.339 e. The molecule has 3 fully saturated rings. The number of ether oxygens (including phenoxy) is 1. The van der Waals surface area contributed by atoms with E-state index >= 15 is 0 Å². The van der Waals surface area contributed by atoms with E-state index in [9.17, 15) is 26.8 Å². The lowest BCUT2D eigenvalue weighted by Crippen LogP contribution is -2.40. The molecule has 0 atom stereocenters. The maximum absolute atomic E-state index is 13.8. The number of carbonyl (C=O) groups excluding carboxylic acids is 2. The molecule has 3 aliphatic rings. The average Bonchev–Trinajstić information content (AvgIpc) is 3.71. The van der Waals surface area contributed by atoms with Gasteiger partial charge in [0.2, 0.25) is 10.0 Å². The SMILES string of the molecule is CCS(=O)(=O)Nc1ccc(C(=O)Nc2ccc(C(=O)OC)c(N3CCC(F)(F)CC3)c2)c(N2CCC3(CC2)CC3)c1. The molecular weight excluding hydrogens is 554 g/mol. The topological polar surface area (TPSA) is 108 Å². The number of piperidine rings is 2. The molecule has 222 valence electrons. The Labute approximate surface area is 239 Å². The summed E-state index contributed by atoms with van der Waals surface area (Å²) in [6.07, 6.45) is 3.82. The molecule has 2 aromatic carbocycles. The van der Waals surface area contributed by atoms with Crippen molar-refractivity contribution in [2.24, 2.45) is 5.41 Å². The van der Waals surface area contributed by atoms with E-state index in [0.717, 1.165) is 25.9 Å². The molecule has 0 radical (unpaired) electrons. The van der Waals surface area contributed by atoms with Crippen LogP contribution in [-0.4, -0.2) is 65.3 Å². The molecule has 2 heterocycles. The molecule has 2 aliphatic heterocycles. The number of amides is 1. The Morgan fingerprint density at radius 2 is 1.39 bits per heavy atom. The van der Waals surface area contributed by atoms with E-state index < -0.39 is 27.8 Å². The number of carbonyl (C=O) groups is 2. The largest absolute Gasteiger partial charge is 0.465 e. The van der Waals surface area contributed by atoms with Gasteiger partial charge < -0.3 is 19.9 Å². The molecule has 0 aromatic heterocycles. The first-order chi connectivity index (χ1) is 19.4. The van der Waals surface area contributed by atoms with Crippen molar-refractivity contribution in [1.82, 2.24) is 0 Å². The fourth-order valence-electron chi connectivity index (χ4n) is 5.63. The van der Waals surface area contributed by atoms with Gasteiger partial charge in [0.05, 0.1) is 41.1 Å². The third kappa shape index (κ3) is 6.58. The minimum absolute atomic E-state index is 0.0596. The molecule has 0 bridgehead atoms. The van der Waals surface area contributed by atoms with Crippen molar-refractivity contribution in [2.75, 3.05) is 58.9 Å². The summed E-state index contributed by atoms with van der Waals surface area (Å²) < 4.78 is 59.6. The summed E-state index contributed by atoms with van der Waals surface area (Å²) in [7, 11) is -2.25. The number of nitrogens with zero attached hydrogens (tertiary/aromatic N) is 2. The van der Waals surface area contributed by atoms with Crippen molar-refractivity contribution in [2.45, 2.75) is 51.4 Å². The zero-order chi connectivity index (χ0) is 29.4. The average molecular weight is 591 g/mol. The van der Waals surface area contributed by atoms with Crippen LogP contribution in [0.3, 0.4) is 0 Å². The summed E-state index contributed by atoms with van der Waals surface area (Å²) >= 11 is 0. The monoisotopic (exact) mass is 590 g/mol. The molecular formula is C29H36F2N4O5S. The molecule has 0 unspecified atom stereocenters. The Morgan fingerprint density at radius 1 is 0.854 bits per heavy atom. The maximum Gasteiger partial charge on any atom is 0.339 e. The molecule has 1 aliphatic carbocycles. The number of hydrogen-bond acceptors (Lipinski definition) is 7. The minimum Gasteiger partial charge on any atom is -0.465 e. The second-order valence-corrected chi connectivity index (χ2v) is 13.3. The van der Waals surface area contributed by atoms with Gasteiger partial charge in [0.15, 0.2) is 0 Å². The first-order valence-corrected chi connectivity index (χ1v) is 15.6. The highest BCUT2D eigenvalue weighted by molar-refractivity contribution is 7.92. The highest BCUT2D eigenvalue weighted by Crippen LogP contribution is 2.54. The van der Waals surface area contributed by atoms with E-state index in [1.165, 1.54) is 26.0 Å². The van der Waals surface area contributed by atoms with Crippen LogP contribution >= 0.6 is 0 Å². The van der Waals surface area contributed by atoms with Gasteiger partial charge in [0, 0.05) is 44.7 Å². The summed E-state index contributed by atoms with van der Waals surface area (Å²) in [5.74, 6) is -3.83. The number of nitrogens with one attached hydrogen (secondary N) is 2. The van der Waals surface area contributed by atoms with Crippen molar-refractivity contribution in [3.63, 3.8) is 0 Å². The van der Waals surface area contributed by atoms with Crippen LogP contribution < -0.4 is 19.8 Å². The Hall–Kier alpha value is -3.41. The normalized spacial score (nSPS) is 19.5. The quantitative estimate of drug-likeness (QED) is 0.412. The molecule has 1 spiro atoms. The molecule has 2 saturated heterocycles. The number of hydrogen-bond donors (Lipinski definition) is 2. The second-order valence-electron chi connectivity index (χ2n) is 11.2. The number of alkyl halides is 2. The highest BCUT2D eigenvalue weighted by atomic mass is 32.2. The summed E-state index contributed by atoms with van der Waals surface area (Å²) in [5.41, 5.74) is 2.86. The maximum atomic E-state index is 13.8. The van der Waals surface area contributed by atoms with Gasteiger partial charge >= 0.3 is 5.97 Å². The summed E-state index contributed by atoms with van der Waals surface area (Å²) in [6.45, 7) is 3.21. The third-order valence-electron chi connectivity index (χ3n) is 8.51. The van der Waals surface area contributed by atoms with Gasteiger partial charge in [-0.25, -0.2) is 22.0 Å². The number of benzene rings is 2. The standard InChI is InChI=1S/C29H36F2N4O5S/c1-3-41(38,39)33-21-5-6-22(24(19-21)34-14-10-28(8-9-28)11-15-34)26(36)32-20-4-7-23(27(37)40-2)25(18-20)35-16-12-29(30,31)13-17-35/h4-7,18-19,33H,3,8-17H2,1-2H3,(H,32,36). The molecule has 9 nitrogen and oxygen atoms in total. The van der Waals surface area contributed by atoms with Crippen LogP contribution in [0.4, 0.5) is 31.5 Å². The predicted octanol–water partition coefficient (Wildman–Crippen LogP) is 5.10. The first kappa shape index (κ1) is 29.1. The van der Waals surface area contributed by atoms with Crippen LogP contribution in [0, 0.1) is 5.41 Å². The van der Waals surface area contributed by atoms with E-state index in [1.807, 2.05) is 0 Å². The van der Waals surface area contributed by atoms with Crippen LogP contribution in [0.5, 0.6) is 0 Å². The fourth-order valence-corrected chi connectivity index (χ4v) is 6.26. The lowest BCUT2D eigenvalue weighted by molar-refractivity contribution is -0.0220. The van der Waals surface area contributed by atoms with Crippen molar-refractivity contribution < 1.29 is 31.5 Å². The molecule has 2 N–H and O–H groups in total. The fraction of sp³-hybridized carbons (Fsp3) is 0.517.